The molecule has 0 unspecified atom stereocenters. The van der Waals surface area contributed by atoms with E-state index in [0.717, 1.165) is 0 Å². The van der Waals surface area contributed by atoms with Gasteiger partial charge in [-0.15, -0.1) is 10.1 Å². The van der Waals surface area contributed by atoms with Gasteiger partial charge in [-0.25, -0.2) is 9.59 Å². The van der Waals surface area contributed by atoms with Crippen LogP contribution in [-0.4, -0.2) is 92.5 Å². The van der Waals surface area contributed by atoms with E-state index in [2.05, 4.69) is 9.68 Å². The Morgan fingerprint density at radius 2 is 0.808 bits per heavy atom. The summed E-state index contributed by atoms with van der Waals surface area (Å²) in [4.78, 5) is 73.7. The van der Waals surface area contributed by atoms with E-state index in [-0.39, 0.29) is 0 Å². The first-order valence-electron chi connectivity index (χ1n) is 6.48. The Hall–Kier alpha value is -3.52. The van der Waals surface area contributed by atoms with Gasteiger partial charge in [0.1, 0.15) is 26.2 Å². The molecule has 0 bridgehead atoms. The molecule has 0 aromatic carbocycles. The smallest absolute Gasteiger partial charge is 0.349 e. The van der Waals surface area contributed by atoms with Gasteiger partial charge in [-0.3, -0.25) is 19.2 Å². The molecule has 0 aromatic rings. The van der Waals surface area contributed by atoms with Crippen LogP contribution in [0.2, 0.25) is 0 Å². The Morgan fingerprint density at radius 3 is 1.00 bits per heavy atom. The van der Waals surface area contributed by atoms with Gasteiger partial charge in [-0.05, 0) is 0 Å². The van der Waals surface area contributed by atoms with E-state index >= 15 is 0 Å². The van der Waals surface area contributed by atoms with E-state index < -0.39 is 62.0 Å². The molecule has 14 nitrogen and oxygen atoms in total. The van der Waals surface area contributed by atoms with Crippen molar-refractivity contribution in [2.24, 2.45) is 0 Å². The Kier molecular flexibility index (Phi) is 9.60. The van der Waals surface area contributed by atoms with Crippen LogP contribution in [0.5, 0.6) is 0 Å². The normalized spacial score (nSPS) is 10.7. The van der Waals surface area contributed by atoms with Crippen LogP contribution >= 0.6 is 0 Å². The molecule has 0 aromatic heterocycles. The molecular weight excluding hydrogens is 364 g/mol. The molecule has 14 heteroatoms. The summed E-state index contributed by atoms with van der Waals surface area (Å²) < 4.78 is 0. The molecule has 0 atom stereocenters. The summed E-state index contributed by atoms with van der Waals surface area (Å²) in [6.45, 7) is -3.77. The molecule has 0 saturated heterocycles. The minimum absolute atomic E-state index is 0.295. The largest absolute Gasteiger partial charge is 0.480 e. The van der Waals surface area contributed by atoms with Crippen LogP contribution in [0, 0.1) is 0 Å². The highest BCUT2D eigenvalue weighted by Gasteiger charge is 2.19. The summed E-state index contributed by atoms with van der Waals surface area (Å²) in [6, 6.07) is 0. The number of carbonyl (C=O) groups is 6. The third-order valence-electron chi connectivity index (χ3n) is 2.04. The molecule has 0 radical (unpaired) electrons. The van der Waals surface area contributed by atoms with Crippen LogP contribution in [0.15, 0.2) is 12.2 Å². The molecule has 0 fully saturated rings. The highest BCUT2D eigenvalue weighted by Crippen LogP contribution is 1.96. The first-order chi connectivity index (χ1) is 12.0. The maximum absolute atomic E-state index is 11.4. The summed E-state index contributed by atoms with van der Waals surface area (Å²) >= 11 is 0. The van der Waals surface area contributed by atoms with Gasteiger partial charge in [0.2, 0.25) is 0 Å². The van der Waals surface area contributed by atoms with Crippen LogP contribution in [0.25, 0.3) is 0 Å². The summed E-state index contributed by atoms with van der Waals surface area (Å²) in [7, 11) is 0. The van der Waals surface area contributed by atoms with E-state index in [4.69, 9.17) is 20.4 Å². The molecule has 0 aliphatic heterocycles. The van der Waals surface area contributed by atoms with Crippen molar-refractivity contribution in [3.63, 3.8) is 0 Å². The Balaban J connectivity index is 4.73. The van der Waals surface area contributed by atoms with E-state index in [1.165, 1.54) is 0 Å². The number of hydroxylamine groups is 4. The third-order valence-corrected chi connectivity index (χ3v) is 2.04. The summed E-state index contributed by atoms with van der Waals surface area (Å²) in [5.74, 6) is -8.60. The first-order valence-corrected chi connectivity index (χ1v) is 6.48. The van der Waals surface area contributed by atoms with Crippen LogP contribution in [0.3, 0.4) is 0 Å². The molecule has 0 heterocycles. The van der Waals surface area contributed by atoms with Crippen LogP contribution in [0.4, 0.5) is 0 Å². The molecule has 0 spiro atoms. The zero-order valence-electron chi connectivity index (χ0n) is 12.9. The van der Waals surface area contributed by atoms with Crippen LogP contribution in [-0.2, 0) is 38.4 Å². The third kappa shape index (κ3) is 12.0. The van der Waals surface area contributed by atoms with Crippen molar-refractivity contribution in [3.8, 4) is 0 Å². The number of hydrogen-bond donors (Lipinski definition) is 4. The van der Waals surface area contributed by atoms with Crippen molar-refractivity contribution in [1.29, 1.82) is 0 Å². The number of aliphatic carboxylic acids is 4. The molecule has 0 aliphatic rings. The second-order valence-corrected chi connectivity index (χ2v) is 4.32. The number of hydrogen-bond acceptors (Lipinski definition) is 10. The fourth-order valence-corrected chi connectivity index (χ4v) is 1.30. The Morgan fingerprint density at radius 1 is 0.577 bits per heavy atom. The van der Waals surface area contributed by atoms with Crippen molar-refractivity contribution < 1.29 is 58.9 Å². The second kappa shape index (κ2) is 11.1. The molecule has 144 valence electrons. The van der Waals surface area contributed by atoms with E-state index in [1.807, 2.05) is 0 Å². The van der Waals surface area contributed by atoms with Crippen molar-refractivity contribution in [2.75, 3.05) is 26.2 Å². The predicted molar refractivity (Wildman–Crippen MR) is 75.0 cm³/mol. The zero-order valence-corrected chi connectivity index (χ0v) is 12.9. The van der Waals surface area contributed by atoms with Gasteiger partial charge < -0.3 is 30.1 Å². The van der Waals surface area contributed by atoms with Gasteiger partial charge in [-0.1, -0.05) is 0 Å². The number of carboxylic acid groups (broad SMARTS) is 4. The van der Waals surface area contributed by atoms with E-state index in [1.54, 1.807) is 0 Å². The first kappa shape index (κ1) is 22.5. The lowest BCUT2D eigenvalue weighted by Crippen LogP contribution is -2.36. The quantitative estimate of drug-likeness (QED) is 0.203. The molecule has 26 heavy (non-hydrogen) atoms. The minimum Gasteiger partial charge on any atom is -0.480 e. The van der Waals surface area contributed by atoms with Crippen molar-refractivity contribution in [2.45, 2.75) is 0 Å². The number of carboxylic acids is 4. The van der Waals surface area contributed by atoms with Crippen molar-refractivity contribution in [1.82, 2.24) is 10.1 Å². The second-order valence-electron chi connectivity index (χ2n) is 4.32. The van der Waals surface area contributed by atoms with Crippen LogP contribution < -0.4 is 0 Å². The van der Waals surface area contributed by atoms with Crippen LogP contribution in [0.1, 0.15) is 0 Å². The van der Waals surface area contributed by atoms with Crippen molar-refractivity contribution in [3.05, 3.63) is 12.2 Å². The molecule has 0 rings (SSSR count). The van der Waals surface area contributed by atoms with E-state index in [0.29, 0.717) is 22.3 Å². The Labute approximate surface area is 144 Å². The average Bonchev–Trinajstić information content (AvgIpc) is 2.41. The maximum atomic E-state index is 11.4. The molecular formula is C12H14N2O12. The molecule has 0 amide bonds. The van der Waals surface area contributed by atoms with Gasteiger partial charge in [0, 0.05) is 12.2 Å². The van der Waals surface area contributed by atoms with Gasteiger partial charge >= 0.3 is 35.8 Å². The highest BCUT2D eigenvalue weighted by atomic mass is 16.7. The Bertz CT molecular complexity index is 529. The monoisotopic (exact) mass is 378 g/mol. The zero-order chi connectivity index (χ0) is 20.3. The molecule has 4 N–H and O–H groups in total. The van der Waals surface area contributed by atoms with Gasteiger partial charge in [0.05, 0.1) is 0 Å². The SMILES string of the molecule is O=C(O)CN(CC(=O)O)OC(=O)C=CC(=O)ON(CC(=O)O)CC(=O)O. The fraction of sp³-hybridized carbons (Fsp3) is 0.333. The van der Waals surface area contributed by atoms with Crippen molar-refractivity contribution >= 4 is 35.8 Å². The van der Waals surface area contributed by atoms with Gasteiger partial charge in [0.25, 0.3) is 0 Å². The lowest BCUT2D eigenvalue weighted by Gasteiger charge is -2.16. The lowest BCUT2D eigenvalue weighted by atomic mass is 10.5. The standard InChI is InChI=1S/C12H14N2O12/c15-7(16)3-13(4-8(17)18)25-11(23)1-2-12(24)26-14(5-9(19)20)6-10(21)22/h1-2H,3-6H2,(H,15,16)(H,17,18)(H,19,20)(H,21,22). The average molecular weight is 378 g/mol. The fourth-order valence-electron chi connectivity index (χ4n) is 1.30. The summed E-state index contributed by atoms with van der Waals surface area (Å²) in [6.07, 6.45) is 0.886. The molecule has 0 saturated carbocycles. The summed E-state index contributed by atoms with van der Waals surface area (Å²) in [5.41, 5.74) is 0. The van der Waals surface area contributed by atoms with Gasteiger partial charge in [-0.2, -0.15) is 0 Å². The van der Waals surface area contributed by atoms with E-state index in [9.17, 15) is 28.8 Å². The number of nitrogens with zero attached hydrogens (tertiary/aromatic N) is 2. The topological polar surface area (TPSA) is 208 Å². The number of carbonyl (C=O) groups excluding carboxylic acids is 2. The summed E-state index contributed by atoms with van der Waals surface area (Å²) in [5, 5.41) is 34.8. The predicted octanol–water partition coefficient (Wildman–Crippen LogP) is -2.60. The highest BCUT2D eigenvalue weighted by molar-refractivity contribution is 5.91. The lowest BCUT2D eigenvalue weighted by molar-refractivity contribution is -0.195. The number of rotatable bonds is 12. The minimum atomic E-state index is -1.49. The molecule has 0 aliphatic carbocycles. The maximum Gasteiger partial charge on any atom is 0.349 e. The van der Waals surface area contributed by atoms with Gasteiger partial charge in [0.15, 0.2) is 0 Å².